The Bertz CT molecular complexity index is 937. The largest absolute Gasteiger partial charge is 0.420 e. The summed E-state index contributed by atoms with van der Waals surface area (Å²) in [7, 11) is 0. The molecule has 1 saturated heterocycles. The van der Waals surface area contributed by atoms with Crippen LogP contribution in [0.4, 0.5) is 5.88 Å². The number of anilines is 1. The molecule has 1 amide bonds. The summed E-state index contributed by atoms with van der Waals surface area (Å²) in [6.07, 6.45) is 5.16. The van der Waals surface area contributed by atoms with Crippen molar-refractivity contribution < 1.29 is 9.21 Å². The Balaban J connectivity index is 1.69. The first-order valence-corrected chi connectivity index (χ1v) is 10.5. The molecule has 2 heterocycles. The fourth-order valence-corrected chi connectivity index (χ4v) is 3.48. The number of hydrogen-bond acceptors (Lipinski definition) is 5. The third-order valence-electron chi connectivity index (χ3n) is 5.31. The average Bonchev–Trinajstić information content (AvgIpc) is 3.15. The van der Waals surface area contributed by atoms with Gasteiger partial charge < -0.3 is 14.2 Å². The molecule has 0 aliphatic carbocycles. The summed E-state index contributed by atoms with van der Waals surface area (Å²) >= 11 is 0. The molecule has 3 rings (SSSR count). The Hall–Kier alpha value is -3.07. The summed E-state index contributed by atoms with van der Waals surface area (Å²) in [6.45, 7) is 11.1. The highest BCUT2D eigenvalue weighted by Gasteiger charge is 2.25. The Labute approximate surface area is 178 Å². The SMILES string of the molecule is CCCC(=O)N1CCN(c2oc(/C=C/c3ccc(C(C)(C)C)cc3)nc2C#N)CC1. The van der Waals surface area contributed by atoms with Crippen LogP contribution in [0.3, 0.4) is 0 Å². The zero-order valence-electron chi connectivity index (χ0n) is 18.3. The summed E-state index contributed by atoms with van der Waals surface area (Å²) in [6, 6.07) is 10.5. The van der Waals surface area contributed by atoms with Gasteiger partial charge in [0, 0.05) is 38.7 Å². The highest BCUT2D eigenvalue weighted by Crippen LogP contribution is 2.25. The summed E-state index contributed by atoms with van der Waals surface area (Å²) in [4.78, 5) is 20.3. The van der Waals surface area contributed by atoms with Gasteiger partial charge in [-0.25, -0.2) is 0 Å². The van der Waals surface area contributed by atoms with Crippen molar-refractivity contribution >= 4 is 23.9 Å². The van der Waals surface area contributed by atoms with Crippen molar-refractivity contribution in [3.63, 3.8) is 0 Å². The fraction of sp³-hybridized carbons (Fsp3) is 0.458. The minimum atomic E-state index is 0.118. The van der Waals surface area contributed by atoms with Crippen LogP contribution in [0.15, 0.2) is 28.7 Å². The lowest BCUT2D eigenvalue weighted by atomic mass is 9.87. The van der Waals surface area contributed by atoms with Crippen LogP contribution in [0.1, 0.15) is 63.2 Å². The van der Waals surface area contributed by atoms with Crippen molar-refractivity contribution in [1.29, 1.82) is 5.26 Å². The number of aromatic nitrogens is 1. The zero-order valence-corrected chi connectivity index (χ0v) is 18.3. The maximum absolute atomic E-state index is 12.1. The molecule has 0 spiro atoms. The number of hydrogen-bond donors (Lipinski definition) is 0. The van der Waals surface area contributed by atoms with E-state index in [1.807, 2.05) is 22.8 Å². The minimum Gasteiger partial charge on any atom is -0.420 e. The van der Waals surface area contributed by atoms with Crippen LogP contribution in [0.25, 0.3) is 12.2 Å². The molecular formula is C24H30N4O2. The van der Waals surface area contributed by atoms with E-state index in [1.54, 1.807) is 6.08 Å². The van der Waals surface area contributed by atoms with Gasteiger partial charge in [-0.15, -0.1) is 0 Å². The third kappa shape index (κ3) is 5.10. The number of rotatable bonds is 5. The van der Waals surface area contributed by atoms with E-state index in [0.29, 0.717) is 44.4 Å². The normalized spacial score (nSPS) is 14.9. The van der Waals surface area contributed by atoms with E-state index < -0.39 is 0 Å². The number of nitriles is 1. The molecule has 1 aromatic heterocycles. The Morgan fingerprint density at radius 3 is 2.40 bits per heavy atom. The topological polar surface area (TPSA) is 73.4 Å². The first-order valence-electron chi connectivity index (χ1n) is 10.5. The van der Waals surface area contributed by atoms with Gasteiger partial charge in [0.05, 0.1) is 0 Å². The minimum absolute atomic E-state index is 0.118. The number of amides is 1. The molecule has 158 valence electrons. The molecule has 1 aliphatic rings. The Morgan fingerprint density at radius 1 is 1.17 bits per heavy atom. The molecule has 2 aromatic rings. The van der Waals surface area contributed by atoms with Gasteiger partial charge in [0.25, 0.3) is 0 Å². The number of nitrogens with zero attached hydrogens (tertiary/aromatic N) is 4. The summed E-state index contributed by atoms with van der Waals surface area (Å²) in [5, 5.41) is 9.48. The summed E-state index contributed by atoms with van der Waals surface area (Å²) in [5.41, 5.74) is 2.73. The van der Waals surface area contributed by atoms with Crippen LogP contribution in [-0.4, -0.2) is 42.0 Å². The van der Waals surface area contributed by atoms with Gasteiger partial charge in [0.2, 0.25) is 23.4 Å². The molecule has 0 radical (unpaired) electrons. The van der Waals surface area contributed by atoms with Gasteiger partial charge in [0.1, 0.15) is 6.07 Å². The molecule has 0 saturated carbocycles. The molecule has 6 heteroatoms. The van der Waals surface area contributed by atoms with Gasteiger partial charge in [-0.2, -0.15) is 10.2 Å². The first kappa shape index (κ1) is 21.6. The maximum Gasteiger partial charge on any atom is 0.235 e. The molecule has 1 fully saturated rings. The van der Waals surface area contributed by atoms with Crippen LogP contribution in [-0.2, 0) is 10.2 Å². The highest BCUT2D eigenvalue weighted by atomic mass is 16.4. The molecule has 30 heavy (non-hydrogen) atoms. The van der Waals surface area contributed by atoms with Gasteiger partial charge in [-0.05, 0) is 29.0 Å². The lowest BCUT2D eigenvalue weighted by Crippen LogP contribution is -2.48. The Kier molecular flexibility index (Phi) is 6.61. The van der Waals surface area contributed by atoms with Crippen molar-refractivity contribution in [3.05, 3.63) is 47.0 Å². The number of carbonyl (C=O) groups is 1. The standard InChI is InChI=1S/C24H30N4O2/c1-5-6-22(29)27-13-15-28(16-14-27)23-20(17-25)26-21(30-23)12-9-18-7-10-19(11-8-18)24(2,3)4/h7-12H,5-6,13-16H2,1-4H3/b12-9+. The number of piperazine rings is 1. The maximum atomic E-state index is 12.1. The average molecular weight is 407 g/mol. The predicted molar refractivity (Wildman–Crippen MR) is 119 cm³/mol. The molecule has 6 nitrogen and oxygen atoms in total. The second-order valence-electron chi connectivity index (χ2n) is 8.64. The van der Waals surface area contributed by atoms with E-state index in [-0.39, 0.29) is 17.0 Å². The number of carbonyl (C=O) groups excluding carboxylic acids is 1. The molecule has 1 aromatic carbocycles. The molecule has 1 aliphatic heterocycles. The van der Waals surface area contributed by atoms with Gasteiger partial charge in [0.15, 0.2) is 0 Å². The second-order valence-corrected chi connectivity index (χ2v) is 8.64. The predicted octanol–water partition coefficient (Wildman–Crippen LogP) is 4.46. The lowest BCUT2D eigenvalue weighted by molar-refractivity contribution is -0.131. The van der Waals surface area contributed by atoms with Crippen molar-refractivity contribution in [1.82, 2.24) is 9.88 Å². The number of oxazole rings is 1. The van der Waals surface area contributed by atoms with Crippen LogP contribution in [0, 0.1) is 11.3 Å². The van der Waals surface area contributed by atoms with Gasteiger partial charge in [-0.3, -0.25) is 4.79 Å². The van der Waals surface area contributed by atoms with Crippen molar-refractivity contribution in [2.45, 2.75) is 46.0 Å². The van der Waals surface area contributed by atoms with E-state index in [2.05, 4.69) is 56.1 Å². The Morgan fingerprint density at radius 2 is 1.83 bits per heavy atom. The number of benzene rings is 1. The third-order valence-corrected chi connectivity index (χ3v) is 5.31. The van der Waals surface area contributed by atoms with Crippen molar-refractivity contribution in [2.75, 3.05) is 31.1 Å². The van der Waals surface area contributed by atoms with Crippen LogP contribution < -0.4 is 4.90 Å². The quantitative estimate of drug-likeness (QED) is 0.733. The second kappa shape index (κ2) is 9.17. The highest BCUT2D eigenvalue weighted by molar-refractivity contribution is 5.76. The van der Waals surface area contributed by atoms with E-state index >= 15 is 0 Å². The molecule has 0 atom stereocenters. The first-order chi connectivity index (χ1) is 14.3. The molecule has 0 bridgehead atoms. The van der Waals surface area contributed by atoms with E-state index in [4.69, 9.17) is 4.42 Å². The van der Waals surface area contributed by atoms with Gasteiger partial charge >= 0.3 is 0 Å². The van der Waals surface area contributed by atoms with Gasteiger partial charge in [-0.1, -0.05) is 52.0 Å². The summed E-state index contributed by atoms with van der Waals surface area (Å²) in [5.74, 6) is 1.09. The van der Waals surface area contributed by atoms with E-state index in [1.165, 1.54) is 5.56 Å². The lowest BCUT2D eigenvalue weighted by Gasteiger charge is -2.34. The van der Waals surface area contributed by atoms with Crippen molar-refractivity contribution in [3.8, 4) is 6.07 Å². The van der Waals surface area contributed by atoms with Crippen LogP contribution in [0.5, 0.6) is 0 Å². The molecule has 0 unspecified atom stereocenters. The zero-order chi connectivity index (χ0) is 21.7. The van der Waals surface area contributed by atoms with Crippen molar-refractivity contribution in [2.24, 2.45) is 0 Å². The van der Waals surface area contributed by atoms with E-state index in [9.17, 15) is 10.1 Å². The van der Waals surface area contributed by atoms with Crippen LogP contribution >= 0.6 is 0 Å². The molecule has 0 N–H and O–H groups in total. The summed E-state index contributed by atoms with van der Waals surface area (Å²) < 4.78 is 5.89. The monoisotopic (exact) mass is 406 g/mol. The van der Waals surface area contributed by atoms with Crippen LogP contribution in [0.2, 0.25) is 0 Å². The molecular weight excluding hydrogens is 376 g/mol. The van der Waals surface area contributed by atoms with E-state index in [0.717, 1.165) is 12.0 Å². The smallest absolute Gasteiger partial charge is 0.235 e. The fourth-order valence-electron chi connectivity index (χ4n) is 3.48.